The standard InChI is InChI=1S/C37H40ClF3N4O3S/c1-24(25-10-5-3-6-11-25)42-36(46)34-29-21-33(49(2,47)48)31(38)22-32(29)43-35(26-12-9-13-27(20-26)37(39,40)41)30(34)23-44-18-14-28(15-19-44)45-16-7-4-8-17-45/h3,5-6,9-13,20-22,24,28H,4,7-8,14-19,23H2,1-2H3,(H,42,46). The van der Waals surface area contributed by atoms with Gasteiger partial charge in [0.25, 0.3) is 5.91 Å². The van der Waals surface area contributed by atoms with Crippen LogP contribution in [0.4, 0.5) is 13.2 Å². The number of aromatic nitrogens is 1. The van der Waals surface area contributed by atoms with Crippen LogP contribution in [-0.4, -0.2) is 67.6 Å². The van der Waals surface area contributed by atoms with Gasteiger partial charge in [-0.25, -0.2) is 13.4 Å². The van der Waals surface area contributed by atoms with E-state index >= 15 is 0 Å². The minimum absolute atomic E-state index is 0.0889. The van der Waals surface area contributed by atoms with Crippen LogP contribution in [0.25, 0.3) is 22.2 Å². The molecule has 6 rings (SSSR count). The summed E-state index contributed by atoms with van der Waals surface area (Å²) in [6.07, 6.45) is 1.95. The molecule has 0 spiro atoms. The lowest BCUT2D eigenvalue weighted by molar-refractivity contribution is -0.137. The summed E-state index contributed by atoms with van der Waals surface area (Å²) < 4.78 is 67.5. The molecular formula is C37H40ClF3N4O3S. The maximum atomic E-state index is 14.5. The molecule has 0 bridgehead atoms. The first-order valence-corrected chi connectivity index (χ1v) is 18.9. The Bertz CT molecular complexity index is 1940. The largest absolute Gasteiger partial charge is 0.416 e. The van der Waals surface area contributed by atoms with Crippen molar-refractivity contribution in [3.8, 4) is 11.3 Å². The Morgan fingerprint density at radius 2 is 1.67 bits per heavy atom. The molecule has 1 atom stereocenters. The van der Waals surface area contributed by atoms with Crippen molar-refractivity contribution >= 4 is 38.2 Å². The number of rotatable bonds is 8. The quantitative estimate of drug-likeness (QED) is 0.200. The molecule has 1 N–H and O–H groups in total. The second-order valence-electron chi connectivity index (χ2n) is 13.2. The molecule has 49 heavy (non-hydrogen) atoms. The summed E-state index contributed by atoms with van der Waals surface area (Å²) in [5, 5.41) is 3.24. The van der Waals surface area contributed by atoms with E-state index in [4.69, 9.17) is 16.6 Å². The maximum Gasteiger partial charge on any atom is 0.416 e. The van der Waals surface area contributed by atoms with E-state index in [9.17, 15) is 26.4 Å². The topological polar surface area (TPSA) is 82.6 Å². The fourth-order valence-electron chi connectivity index (χ4n) is 7.13. The van der Waals surface area contributed by atoms with Crippen LogP contribution in [0, 0.1) is 0 Å². The number of pyridine rings is 1. The van der Waals surface area contributed by atoms with Gasteiger partial charge >= 0.3 is 6.18 Å². The van der Waals surface area contributed by atoms with E-state index in [-0.39, 0.29) is 44.2 Å². The highest BCUT2D eigenvalue weighted by atomic mass is 35.5. The Labute approximate surface area is 290 Å². The molecule has 2 aliphatic heterocycles. The maximum absolute atomic E-state index is 14.5. The molecule has 4 aromatic rings. The van der Waals surface area contributed by atoms with Crippen molar-refractivity contribution in [2.75, 3.05) is 32.4 Å². The van der Waals surface area contributed by atoms with Crippen molar-refractivity contribution in [1.29, 1.82) is 0 Å². The Morgan fingerprint density at radius 3 is 2.33 bits per heavy atom. The van der Waals surface area contributed by atoms with Gasteiger partial charge in [-0.15, -0.1) is 0 Å². The van der Waals surface area contributed by atoms with Crippen molar-refractivity contribution in [2.45, 2.75) is 68.7 Å². The minimum Gasteiger partial charge on any atom is -0.345 e. The zero-order valence-corrected chi connectivity index (χ0v) is 29.1. The number of piperidine rings is 2. The van der Waals surface area contributed by atoms with Crippen molar-refractivity contribution in [3.05, 3.63) is 94.0 Å². The van der Waals surface area contributed by atoms with Crippen LogP contribution in [0.5, 0.6) is 0 Å². The molecule has 0 saturated carbocycles. The molecule has 3 aromatic carbocycles. The molecule has 2 fully saturated rings. The van der Waals surface area contributed by atoms with Gasteiger partial charge in [0.1, 0.15) is 0 Å². The zero-order chi connectivity index (χ0) is 34.9. The lowest BCUT2D eigenvalue weighted by Gasteiger charge is -2.40. The number of likely N-dealkylation sites (tertiary alicyclic amines) is 2. The van der Waals surface area contributed by atoms with E-state index in [1.165, 1.54) is 37.5 Å². The van der Waals surface area contributed by atoms with E-state index in [0.717, 1.165) is 63.0 Å². The summed E-state index contributed by atoms with van der Waals surface area (Å²) in [7, 11) is -3.81. The van der Waals surface area contributed by atoms with E-state index in [0.29, 0.717) is 11.6 Å². The van der Waals surface area contributed by atoms with Gasteiger partial charge in [-0.3, -0.25) is 9.69 Å². The predicted molar refractivity (Wildman–Crippen MR) is 186 cm³/mol. The minimum atomic E-state index is -4.59. The molecule has 3 heterocycles. The van der Waals surface area contributed by atoms with E-state index in [2.05, 4.69) is 15.1 Å². The Hall–Kier alpha value is -3.51. The summed E-state index contributed by atoms with van der Waals surface area (Å²) in [5.74, 6) is -0.489. The number of halogens is 4. The second kappa shape index (κ2) is 14.4. The Morgan fingerprint density at radius 1 is 0.980 bits per heavy atom. The zero-order valence-electron chi connectivity index (χ0n) is 27.6. The number of fused-ring (bicyclic) bond motifs is 1. The number of nitrogens with zero attached hydrogens (tertiary/aromatic N) is 3. The average Bonchev–Trinajstić information content (AvgIpc) is 3.08. The molecule has 12 heteroatoms. The smallest absolute Gasteiger partial charge is 0.345 e. The third-order valence-corrected chi connectivity index (χ3v) is 11.3. The van der Waals surface area contributed by atoms with Crippen LogP contribution in [0.15, 0.2) is 71.6 Å². The van der Waals surface area contributed by atoms with Gasteiger partial charge < -0.3 is 10.2 Å². The lowest BCUT2D eigenvalue weighted by Crippen LogP contribution is -2.46. The summed E-state index contributed by atoms with van der Waals surface area (Å²) >= 11 is 6.46. The average molecular weight is 713 g/mol. The van der Waals surface area contributed by atoms with Crippen molar-refractivity contribution in [1.82, 2.24) is 20.1 Å². The van der Waals surface area contributed by atoms with E-state index < -0.39 is 33.5 Å². The first-order valence-electron chi connectivity index (χ1n) is 16.7. The van der Waals surface area contributed by atoms with Gasteiger partial charge in [-0.2, -0.15) is 13.2 Å². The van der Waals surface area contributed by atoms with Crippen LogP contribution in [0.2, 0.25) is 5.02 Å². The van der Waals surface area contributed by atoms with E-state index in [1.54, 1.807) is 6.07 Å². The molecule has 260 valence electrons. The van der Waals surface area contributed by atoms with Crippen LogP contribution >= 0.6 is 11.6 Å². The van der Waals surface area contributed by atoms with Crippen LogP contribution in [0.1, 0.15) is 72.1 Å². The number of carbonyl (C=O) groups is 1. The number of hydrogen-bond acceptors (Lipinski definition) is 6. The Kier molecular flexibility index (Phi) is 10.4. The van der Waals surface area contributed by atoms with Crippen LogP contribution in [0.3, 0.4) is 0 Å². The molecule has 2 saturated heterocycles. The first kappa shape index (κ1) is 35.3. The molecule has 1 unspecified atom stereocenters. The van der Waals surface area contributed by atoms with Gasteiger partial charge in [-0.1, -0.05) is 60.5 Å². The van der Waals surface area contributed by atoms with E-state index in [1.807, 2.05) is 37.3 Å². The predicted octanol–water partition coefficient (Wildman–Crippen LogP) is 7.92. The number of carbonyl (C=O) groups excluding carboxylic acids is 1. The van der Waals surface area contributed by atoms with Gasteiger partial charge in [0, 0.05) is 35.4 Å². The number of sulfone groups is 1. The molecule has 0 aliphatic carbocycles. The summed E-state index contributed by atoms with van der Waals surface area (Å²) in [4.78, 5) is 23.9. The molecule has 2 aliphatic rings. The van der Waals surface area contributed by atoms with Gasteiger partial charge in [0.2, 0.25) is 0 Å². The highest BCUT2D eigenvalue weighted by Crippen LogP contribution is 2.38. The van der Waals surface area contributed by atoms with Gasteiger partial charge in [-0.05, 0) is 88.6 Å². The number of amides is 1. The van der Waals surface area contributed by atoms with Crippen LogP contribution in [-0.2, 0) is 22.6 Å². The molecule has 7 nitrogen and oxygen atoms in total. The number of nitrogens with one attached hydrogen (secondary N) is 1. The van der Waals surface area contributed by atoms with Crippen LogP contribution < -0.4 is 5.32 Å². The van der Waals surface area contributed by atoms with Gasteiger partial charge in [0.15, 0.2) is 9.84 Å². The highest BCUT2D eigenvalue weighted by Gasteiger charge is 2.33. The lowest BCUT2D eigenvalue weighted by atomic mass is 9.93. The normalized spacial score (nSPS) is 17.7. The fraction of sp³-hybridized carbons (Fsp3) is 0.405. The number of benzene rings is 3. The molecular weight excluding hydrogens is 673 g/mol. The van der Waals surface area contributed by atoms with Crippen molar-refractivity contribution in [2.24, 2.45) is 0 Å². The fourth-order valence-corrected chi connectivity index (χ4v) is 8.45. The summed E-state index contributed by atoms with van der Waals surface area (Å²) in [6.45, 7) is 5.73. The highest BCUT2D eigenvalue weighted by molar-refractivity contribution is 7.90. The number of hydrogen-bond donors (Lipinski definition) is 1. The second-order valence-corrected chi connectivity index (χ2v) is 15.6. The third-order valence-electron chi connectivity index (χ3n) is 9.72. The number of alkyl halides is 3. The summed E-state index contributed by atoms with van der Waals surface area (Å²) in [5.41, 5.74) is 1.24. The Balaban J connectivity index is 1.51. The van der Waals surface area contributed by atoms with Crippen molar-refractivity contribution < 1.29 is 26.4 Å². The van der Waals surface area contributed by atoms with Crippen molar-refractivity contribution in [3.63, 3.8) is 0 Å². The SMILES string of the molecule is CC(NC(=O)c1c(CN2CCC(N3CCCCC3)CC2)c(-c2cccc(C(F)(F)F)c2)nc2cc(Cl)c(S(C)(=O)=O)cc12)c1ccccc1. The first-order chi connectivity index (χ1) is 23.3. The van der Waals surface area contributed by atoms with Gasteiger partial charge in [0.05, 0.1) is 38.3 Å². The summed E-state index contributed by atoms with van der Waals surface area (Å²) in [6, 6.07) is 17.1. The monoisotopic (exact) mass is 712 g/mol. The third kappa shape index (κ3) is 7.95. The molecule has 1 aromatic heterocycles. The molecule has 0 radical (unpaired) electrons. The molecule has 1 amide bonds.